The predicted octanol–water partition coefficient (Wildman–Crippen LogP) is 1.81. The highest BCUT2D eigenvalue weighted by atomic mass is 35.5. The van der Waals surface area contributed by atoms with Gasteiger partial charge in [0.25, 0.3) is 15.9 Å². The molecular weight excluding hydrogens is 550 g/mol. The highest BCUT2D eigenvalue weighted by Gasteiger charge is 2.41. The first kappa shape index (κ1) is 26.6. The maximum atomic E-state index is 13.6. The number of amides is 2. The van der Waals surface area contributed by atoms with E-state index in [0.29, 0.717) is 27.5 Å². The first-order valence-corrected chi connectivity index (χ1v) is 14.7. The number of rotatable bonds is 6. The number of sulfonamides is 1. The molecule has 0 spiro atoms. The van der Waals surface area contributed by atoms with Crippen molar-refractivity contribution in [3.63, 3.8) is 0 Å². The van der Waals surface area contributed by atoms with Crippen LogP contribution in [-0.4, -0.2) is 90.1 Å². The van der Waals surface area contributed by atoms with Gasteiger partial charge in [0, 0.05) is 66.5 Å². The molecule has 11 nitrogen and oxygen atoms in total. The second-order valence-corrected chi connectivity index (χ2v) is 12.7. The first-order chi connectivity index (χ1) is 18.2. The molecule has 2 N–H and O–H groups in total. The third kappa shape index (κ3) is 5.14. The van der Waals surface area contributed by atoms with Crippen molar-refractivity contribution in [3.8, 4) is 6.07 Å². The molecule has 1 aromatic carbocycles. The van der Waals surface area contributed by atoms with Crippen molar-refractivity contribution in [2.24, 2.45) is 0 Å². The van der Waals surface area contributed by atoms with Crippen molar-refractivity contribution in [1.82, 2.24) is 29.4 Å². The average Bonchev–Trinajstić information content (AvgIpc) is 3.52. The number of halogens is 1. The van der Waals surface area contributed by atoms with Crippen molar-refractivity contribution >= 4 is 55.7 Å². The molecule has 2 aliphatic heterocycles. The van der Waals surface area contributed by atoms with E-state index in [1.54, 1.807) is 18.2 Å². The fourth-order valence-electron chi connectivity index (χ4n) is 4.70. The molecule has 0 bridgehead atoms. The molecule has 1 fully saturated rings. The Bertz CT molecular complexity index is 1540. The van der Waals surface area contributed by atoms with E-state index >= 15 is 0 Å². The molecule has 4 heterocycles. The predicted molar refractivity (Wildman–Crippen MR) is 142 cm³/mol. The number of aromatic nitrogens is 2. The molecule has 0 saturated carbocycles. The molecule has 200 valence electrons. The largest absolute Gasteiger partial charge is 0.353 e. The number of likely N-dealkylation sites (N-methyl/N-ethyl adjacent to an activating group) is 1. The van der Waals surface area contributed by atoms with Crippen molar-refractivity contribution in [2.75, 3.05) is 39.8 Å². The lowest BCUT2D eigenvalue weighted by Gasteiger charge is -2.39. The molecule has 2 aliphatic rings. The van der Waals surface area contributed by atoms with E-state index < -0.39 is 27.9 Å². The van der Waals surface area contributed by atoms with E-state index in [0.717, 1.165) is 23.5 Å². The van der Waals surface area contributed by atoms with Crippen LogP contribution >= 0.6 is 22.9 Å². The normalized spacial score (nSPS) is 18.8. The Balaban J connectivity index is 1.41. The van der Waals surface area contributed by atoms with Crippen molar-refractivity contribution in [2.45, 2.75) is 30.5 Å². The smallest absolute Gasteiger partial charge is 0.283 e. The van der Waals surface area contributed by atoms with Crippen LogP contribution in [0.15, 0.2) is 29.3 Å². The molecule has 1 saturated heterocycles. The van der Waals surface area contributed by atoms with Gasteiger partial charge in [-0.15, -0.1) is 11.3 Å². The fraction of sp³-hybridized carbons (Fsp3) is 0.417. The van der Waals surface area contributed by atoms with Gasteiger partial charge in [0.2, 0.25) is 5.91 Å². The van der Waals surface area contributed by atoms with Gasteiger partial charge in [-0.3, -0.25) is 9.59 Å². The molecule has 2 aromatic heterocycles. The Labute approximate surface area is 229 Å². The summed E-state index contributed by atoms with van der Waals surface area (Å²) in [5.41, 5.74) is 1.51. The molecule has 1 atom stereocenters. The monoisotopic (exact) mass is 575 g/mol. The molecule has 2 amide bonds. The van der Waals surface area contributed by atoms with E-state index in [9.17, 15) is 18.0 Å². The number of H-pyrrole nitrogens is 1. The van der Waals surface area contributed by atoms with Crippen LogP contribution in [0.2, 0.25) is 5.02 Å². The topological polar surface area (TPSA) is 142 Å². The summed E-state index contributed by atoms with van der Waals surface area (Å²) in [5.74, 6) is -0.914. The number of benzene rings is 1. The standard InChI is InChI=1S/C24H26ClN7O4S2/c1-30-8-5-18-20(14-30)37-23(29-18)24(34)32-10-9-31(13-19(32)22(33)27-7-2-6-26)38(35,36)21-12-15-11-16(25)3-4-17(15)28-21/h3-4,11-12,19,28H,2,5,7-10,13-14H2,1H3,(H,27,33). The van der Waals surface area contributed by atoms with E-state index in [2.05, 4.69) is 20.2 Å². The van der Waals surface area contributed by atoms with E-state index in [4.69, 9.17) is 16.9 Å². The number of carbonyl (C=O) groups is 2. The van der Waals surface area contributed by atoms with Gasteiger partial charge in [-0.1, -0.05) is 11.6 Å². The van der Waals surface area contributed by atoms with Crippen LogP contribution in [0.4, 0.5) is 0 Å². The lowest BCUT2D eigenvalue weighted by atomic mass is 10.1. The molecule has 3 aromatic rings. The van der Waals surface area contributed by atoms with Gasteiger partial charge < -0.3 is 20.1 Å². The van der Waals surface area contributed by atoms with Crippen LogP contribution in [0.25, 0.3) is 10.9 Å². The molecular formula is C24H26ClN7O4S2. The Kier molecular flexibility index (Phi) is 7.43. The van der Waals surface area contributed by atoms with Gasteiger partial charge >= 0.3 is 0 Å². The number of aromatic amines is 1. The number of hydrogen-bond acceptors (Lipinski definition) is 8. The van der Waals surface area contributed by atoms with Crippen molar-refractivity contribution < 1.29 is 18.0 Å². The zero-order valence-corrected chi connectivity index (χ0v) is 23.0. The van der Waals surface area contributed by atoms with E-state index in [-0.39, 0.29) is 37.6 Å². The molecule has 5 rings (SSSR count). The number of fused-ring (bicyclic) bond motifs is 2. The van der Waals surface area contributed by atoms with Crippen LogP contribution in [0.5, 0.6) is 0 Å². The molecule has 14 heteroatoms. The third-order valence-electron chi connectivity index (χ3n) is 6.72. The van der Waals surface area contributed by atoms with Crippen molar-refractivity contribution in [1.29, 1.82) is 5.26 Å². The van der Waals surface area contributed by atoms with Crippen LogP contribution in [-0.2, 0) is 27.8 Å². The lowest BCUT2D eigenvalue weighted by molar-refractivity contribution is -0.126. The van der Waals surface area contributed by atoms with E-state index in [1.165, 1.54) is 26.6 Å². The summed E-state index contributed by atoms with van der Waals surface area (Å²) in [5, 5.41) is 12.9. The molecule has 0 aliphatic carbocycles. The third-order valence-corrected chi connectivity index (χ3v) is 9.82. The van der Waals surface area contributed by atoms with Crippen LogP contribution in [0, 0.1) is 11.3 Å². The molecule has 38 heavy (non-hydrogen) atoms. The van der Waals surface area contributed by atoms with Gasteiger partial charge in [0.1, 0.15) is 11.1 Å². The Hall–Kier alpha value is -3.02. The second kappa shape index (κ2) is 10.6. The Morgan fingerprint density at radius 1 is 1.29 bits per heavy atom. The van der Waals surface area contributed by atoms with E-state index in [1.807, 2.05) is 13.1 Å². The second-order valence-electron chi connectivity index (χ2n) is 9.32. The SMILES string of the molecule is CN1CCc2nc(C(=O)N3CCN(S(=O)(=O)c4cc5cc(Cl)ccc5[nH]4)CC3C(=O)NCCC#N)sc2C1. The van der Waals surface area contributed by atoms with Gasteiger partial charge in [-0.25, -0.2) is 13.4 Å². The Morgan fingerprint density at radius 3 is 2.89 bits per heavy atom. The molecule has 1 unspecified atom stereocenters. The minimum Gasteiger partial charge on any atom is -0.353 e. The number of nitrogens with one attached hydrogen (secondary N) is 2. The summed E-state index contributed by atoms with van der Waals surface area (Å²) < 4.78 is 28.3. The average molecular weight is 576 g/mol. The number of thiazole rings is 1. The number of nitriles is 1. The van der Waals surface area contributed by atoms with Crippen LogP contribution in [0.1, 0.15) is 26.8 Å². The number of carbonyl (C=O) groups excluding carboxylic acids is 2. The minimum atomic E-state index is -4.00. The lowest BCUT2D eigenvalue weighted by Crippen LogP contribution is -2.61. The summed E-state index contributed by atoms with van der Waals surface area (Å²) in [4.78, 5) is 38.8. The van der Waals surface area contributed by atoms with Gasteiger partial charge in [-0.05, 0) is 31.3 Å². The molecule has 0 radical (unpaired) electrons. The highest BCUT2D eigenvalue weighted by molar-refractivity contribution is 7.89. The fourth-order valence-corrected chi connectivity index (χ4v) is 7.47. The maximum Gasteiger partial charge on any atom is 0.283 e. The zero-order chi connectivity index (χ0) is 27.0. The summed E-state index contributed by atoms with van der Waals surface area (Å²) in [6.07, 6.45) is 0.841. The number of nitrogens with zero attached hydrogens (tertiary/aromatic N) is 5. The maximum absolute atomic E-state index is 13.6. The summed E-state index contributed by atoms with van der Waals surface area (Å²) in [7, 11) is -2.00. The van der Waals surface area contributed by atoms with Gasteiger partial charge in [-0.2, -0.15) is 9.57 Å². The minimum absolute atomic E-state index is 0.0139. The number of piperazine rings is 1. The zero-order valence-electron chi connectivity index (χ0n) is 20.6. The Morgan fingerprint density at radius 2 is 2.11 bits per heavy atom. The van der Waals surface area contributed by atoms with Crippen LogP contribution < -0.4 is 5.32 Å². The summed E-state index contributed by atoms with van der Waals surface area (Å²) >= 11 is 7.37. The van der Waals surface area contributed by atoms with Gasteiger partial charge in [0.15, 0.2) is 5.01 Å². The highest BCUT2D eigenvalue weighted by Crippen LogP contribution is 2.29. The van der Waals surface area contributed by atoms with Crippen LogP contribution in [0.3, 0.4) is 0 Å². The summed E-state index contributed by atoms with van der Waals surface area (Å²) in [6.45, 7) is 1.47. The number of hydrogen-bond donors (Lipinski definition) is 2. The summed E-state index contributed by atoms with van der Waals surface area (Å²) in [6, 6.07) is 7.42. The van der Waals surface area contributed by atoms with Crippen molar-refractivity contribution in [3.05, 3.63) is 44.9 Å². The quantitative estimate of drug-likeness (QED) is 0.427. The first-order valence-electron chi connectivity index (χ1n) is 12.1. The van der Waals surface area contributed by atoms with Gasteiger partial charge in [0.05, 0.1) is 18.2 Å².